The number of aromatic nitrogens is 2. The summed E-state index contributed by atoms with van der Waals surface area (Å²) in [5, 5.41) is 28.8. The molecule has 326 valence electrons. The maximum atomic E-state index is 12.1. The minimum absolute atomic E-state index is 0.0236. The minimum atomic E-state index is -1.04. The van der Waals surface area contributed by atoms with Crippen molar-refractivity contribution in [1.82, 2.24) is 9.13 Å². The van der Waals surface area contributed by atoms with Crippen molar-refractivity contribution >= 4 is 55.0 Å². The number of hydrogen-bond acceptors (Lipinski definition) is 4. The van der Waals surface area contributed by atoms with Crippen LogP contribution >= 0.6 is 0 Å². The van der Waals surface area contributed by atoms with Crippen LogP contribution in [0.25, 0.3) is 88.4 Å². The number of nitro groups is 2. The van der Waals surface area contributed by atoms with Gasteiger partial charge < -0.3 is 9.13 Å². The summed E-state index contributed by atoms with van der Waals surface area (Å²) in [7, 11) is 0. The van der Waals surface area contributed by atoms with Crippen LogP contribution in [-0.2, 0) is 5.41 Å². The lowest BCUT2D eigenvalue weighted by molar-refractivity contribution is -0.385. The van der Waals surface area contributed by atoms with Crippen LogP contribution in [0.15, 0.2) is 231 Å². The highest BCUT2D eigenvalue weighted by atomic mass is 16.6. The molecule has 0 atom stereocenters. The molecule has 0 radical (unpaired) electrons. The quantitative estimate of drug-likeness (QED) is 0.112. The van der Waals surface area contributed by atoms with Gasteiger partial charge in [-0.3, -0.25) is 20.2 Å². The van der Waals surface area contributed by atoms with Crippen molar-refractivity contribution in [2.75, 3.05) is 0 Å². The first-order valence-electron chi connectivity index (χ1n) is 22.8. The molecule has 0 amide bonds. The van der Waals surface area contributed by atoms with E-state index in [-0.39, 0.29) is 21.2 Å². The molecule has 8 heteroatoms. The summed E-state index contributed by atoms with van der Waals surface area (Å²) in [6.07, 6.45) is 0. The highest BCUT2D eigenvalue weighted by Gasteiger charge is 2.47. The van der Waals surface area contributed by atoms with Crippen molar-refractivity contribution in [1.29, 1.82) is 0 Å². The van der Waals surface area contributed by atoms with Gasteiger partial charge in [-0.05, 0) is 128 Å². The molecule has 0 fully saturated rings. The Balaban J connectivity index is 1.05. The van der Waals surface area contributed by atoms with Gasteiger partial charge in [0.1, 0.15) is 0 Å². The van der Waals surface area contributed by atoms with Gasteiger partial charge in [0.15, 0.2) is 0 Å². The molecule has 0 N–H and O–H groups in total. The van der Waals surface area contributed by atoms with Gasteiger partial charge in [0.25, 0.3) is 11.4 Å². The summed E-state index contributed by atoms with van der Waals surface area (Å²) in [6, 6.07) is 77.8. The maximum absolute atomic E-state index is 12.1. The second kappa shape index (κ2) is 15.3. The summed E-state index contributed by atoms with van der Waals surface area (Å²) >= 11 is 0. The SMILES string of the molecule is O=[N+]([O-])c1ccc(C2(c3ccc([N+](=O)[O-])cc3)c3cc(-c4ccc5c(c4)c4ccccc4n5-c4ccccc4)ccc3-c3ccc(-c4ccc5c(c4)c4ccccc4n5-c4ccccc4)cc32)cc1. The first kappa shape index (κ1) is 39.9. The Kier molecular flexibility index (Phi) is 8.87. The van der Waals surface area contributed by atoms with Crippen LogP contribution in [0.2, 0.25) is 0 Å². The van der Waals surface area contributed by atoms with E-state index in [4.69, 9.17) is 0 Å². The van der Waals surface area contributed by atoms with E-state index in [2.05, 4.69) is 179 Å². The van der Waals surface area contributed by atoms with Crippen molar-refractivity contribution < 1.29 is 9.85 Å². The first-order chi connectivity index (χ1) is 33.9. The predicted octanol–water partition coefficient (Wildman–Crippen LogP) is 15.4. The molecule has 0 spiro atoms. The lowest BCUT2D eigenvalue weighted by atomic mass is 9.67. The zero-order valence-corrected chi connectivity index (χ0v) is 36.9. The molecule has 69 heavy (non-hydrogen) atoms. The van der Waals surface area contributed by atoms with Crippen LogP contribution in [0, 0.1) is 20.2 Å². The average molecular weight is 891 g/mol. The van der Waals surface area contributed by atoms with E-state index in [0.29, 0.717) is 0 Å². The Bertz CT molecular complexity index is 3800. The van der Waals surface area contributed by atoms with Crippen LogP contribution in [0.1, 0.15) is 22.3 Å². The fraction of sp³-hybridized carbons (Fsp3) is 0.0164. The fourth-order valence-corrected chi connectivity index (χ4v) is 11.2. The van der Waals surface area contributed by atoms with Gasteiger partial charge >= 0.3 is 0 Å². The van der Waals surface area contributed by atoms with E-state index in [1.165, 1.54) is 0 Å². The number of nitrogens with zero attached hydrogens (tertiary/aromatic N) is 4. The number of nitro benzene ring substituents is 2. The Morgan fingerprint density at radius 1 is 0.333 bits per heavy atom. The van der Waals surface area contributed by atoms with Gasteiger partial charge in [-0.25, -0.2) is 0 Å². The van der Waals surface area contributed by atoms with Crippen molar-refractivity contribution in [3.63, 3.8) is 0 Å². The third-order valence-electron chi connectivity index (χ3n) is 14.2. The molecule has 0 aliphatic heterocycles. The topological polar surface area (TPSA) is 96.1 Å². The largest absolute Gasteiger partial charge is 0.309 e. The van der Waals surface area contributed by atoms with Gasteiger partial charge in [0.2, 0.25) is 0 Å². The van der Waals surface area contributed by atoms with Crippen molar-refractivity contribution in [3.8, 4) is 44.8 Å². The van der Waals surface area contributed by atoms with Gasteiger partial charge in [0.05, 0.1) is 37.3 Å². The van der Waals surface area contributed by atoms with Gasteiger partial charge in [-0.15, -0.1) is 0 Å². The molecule has 0 saturated carbocycles. The Morgan fingerprint density at radius 3 is 1.09 bits per heavy atom. The number of fused-ring (bicyclic) bond motifs is 9. The first-order valence-corrected chi connectivity index (χ1v) is 22.8. The standard InChI is InChI=1S/C61H38N4O4/c66-64(67)47-27-23-43(24-28-47)61(44-25-29-48(30-26-44)65(68)69)55-37-41(39-21-33-59-53(35-39)51-15-7-9-17-57(51)62(59)45-11-3-1-4-12-45)19-31-49(55)50-32-20-42(38-56(50)61)40-22-34-60-54(36-40)52-16-8-10-18-58(52)63(60)46-13-5-2-6-14-46/h1-38H. The van der Waals surface area contributed by atoms with Crippen molar-refractivity contribution in [2.45, 2.75) is 5.41 Å². The summed E-state index contributed by atoms with van der Waals surface area (Å²) < 4.78 is 4.61. The van der Waals surface area contributed by atoms with Crippen molar-refractivity contribution in [2.24, 2.45) is 0 Å². The number of non-ortho nitro benzene ring substituents is 2. The van der Waals surface area contributed by atoms with Gasteiger partial charge in [-0.1, -0.05) is 133 Å². The maximum Gasteiger partial charge on any atom is 0.269 e. The predicted molar refractivity (Wildman–Crippen MR) is 277 cm³/mol. The number of para-hydroxylation sites is 4. The fourth-order valence-electron chi connectivity index (χ4n) is 11.2. The molecule has 12 aromatic rings. The molecule has 13 rings (SSSR count). The Labute approximate surface area is 395 Å². The molecule has 1 aliphatic carbocycles. The van der Waals surface area contributed by atoms with E-state index in [0.717, 1.165) is 111 Å². The van der Waals surface area contributed by atoms with Crippen LogP contribution in [0.3, 0.4) is 0 Å². The lowest BCUT2D eigenvalue weighted by Gasteiger charge is -2.34. The van der Waals surface area contributed by atoms with E-state index in [9.17, 15) is 20.2 Å². The Hall–Kier alpha value is -9.40. The monoisotopic (exact) mass is 890 g/mol. The molecule has 0 bridgehead atoms. The van der Waals surface area contributed by atoms with E-state index >= 15 is 0 Å². The second-order valence-electron chi connectivity index (χ2n) is 17.7. The highest BCUT2D eigenvalue weighted by Crippen LogP contribution is 2.58. The number of rotatable bonds is 8. The molecular formula is C61H38N4O4. The lowest BCUT2D eigenvalue weighted by Crippen LogP contribution is -2.28. The zero-order chi connectivity index (χ0) is 46.4. The molecule has 10 aromatic carbocycles. The minimum Gasteiger partial charge on any atom is -0.309 e. The van der Waals surface area contributed by atoms with E-state index in [1.807, 2.05) is 36.4 Å². The Morgan fingerprint density at radius 2 is 0.681 bits per heavy atom. The molecule has 2 aromatic heterocycles. The van der Waals surface area contributed by atoms with Crippen LogP contribution < -0.4 is 0 Å². The molecule has 8 nitrogen and oxygen atoms in total. The molecule has 0 unspecified atom stereocenters. The summed E-state index contributed by atoms with van der Waals surface area (Å²) in [5.41, 5.74) is 15.1. The third kappa shape index (κ3) is 6.02. The third-order valence-corrected chi connectivity index (χ3v) is 14.2. The molecule has 0 saturated heterocycles. The van der Waals surface area contributed by atoms with Crippen LogP contribution in [0.5, 0.6) is 0 Å². The van der Waals surface area contributed by atoms with E-state index in [1.54, 1.807) is 24.3 Å². The highest BCUT2D eigenvalue weighted by molar-refractivity contribution is 6.12. The van der Waals surface area contributed by atoms with Crippen molar-refractivity contribution in [3.05, 3.63) is 273 Å². The summed E-state index contributed by atoms with van der Waals surface area (Å²) in [4.78, 5) is 23.5. The second-order valence-corrected chi connectivity index (χ2v) is 17.7. The van der Waals surface area contributed by atoms with Crippen LogP contribution in [0.4, 0.5) is 11.4 Å². The van der Waals surface area contributed by atoms with Crippen LogP contribution in [-0.4, -0.2) is 19.0 Å². The summed E-state index contributed by atoms with van der Waals surface area (Å²) in [6.45, 7) is 0. The number of benzene rings is 10. The smallest absolute Gasteiger partial charge is 0.269 e. The molecule has 2 heterocycles. The molecule has 1 aliphatic rings. The van der Waals surface area contributed by atoms with E-state index < -0.39 is 5.41 Å². The van der Waals surface area contributed by atoms with Gasteiger partial charge in [0, 0.05) is 57.2 Å². The average Bonchev–Trinajstić information content (AvgIpc) is 4.02. The number of hydrogen-bond donors (Lipinski definition) is 0. The molecular weight excluding hydrogens is 853 g/mol. The zero-order valence-electron chi connectivity index (χ0n) is 36.9. The van der Waals surface area contributed by atoms with Gasteiger partial charge in [-0.2, -0.15) is 0 Å². The summed E-state index contributed by atoms with van der Waals surface area (Å²) in [5.74, 6) is 0. The normalized spacial score (nSPS) is 12.7.